The van der Waals surface area contributed by atoms with E-state index in [9.17, 15) is 18.4 Å². The Hall–Kier alpha value is -2.94. The first-order chi connectivity index (χ1) is 13.5. The summed E-state index contributed by atoms with van der Waals surface area (Å²) < 4.78 is 36.0. The molecule has 0 atom stereocenters. The second kappa shape index (κ2) is 7.59. The molecule has 0 saturated heterocycles. The van der Waals surface area contributed by atoms with Crippen molar-refractivity contribution in [1.82, 2.24) is 4.98 Å². The number of hydrogen-bond acceptors (Lipinski definition) is 5. The average molecular weight is 406 g/mol. The highest BCUT2D eigenvalue weighted by Crippen LogP contribution is 2.34. The van der Waals surface area contributed by atoms with Crippen LogP contribution in [-0.4, -0.2) is 24.1 Å². The predicted octanol–water partition coefficient (Wildman–Crippen LogP) is 4.23. The molecule has 4 rings (SSSR count). The third kappa shape index (κ3) is 4.30. The van der Waals surface area contributed by atoms with Gasteiger partial charge in [0.2, 0.25) is 0 Å². The molecule has 9 heteroatoms. The number of hydrogen-bond donors (Lipinski definition) is 2. The molecule has 28 heavy (non-hydrogen) atoms. The highest BCUT2D eigenvalue weighted by atomic mass is 32.1. The molecule has 2 aromatic carbocycles. The summed E-state index contributed by atoms with van der Waals surface area (Å²) in [4.78, 5) is 26.5. The predicted molar refractivity (Wildman–Crippen MR) is 102 cm³/mol. The zero-order valence-electron chi connectivity index (χ0n) is 14.5. The summed E-state index contributed by atoms with van der Waals surface area (Å²) in [5.41, 5.74) is 1.45. The van der Waals surface area contributed by atoms with Gasteiger partial charge in [-0.05, 0) is 55.2 Å². The van der Waals surface area contributed by atoms with Gasteiger partial charge in [0.15, 0.2) is 11.5 Å². The first-order valence-electron chi connectivity index (χ1n) is 8.64. The molecule has 1 fully saturated rings. The molecule has 0 aliphatic heterocycles. The number of benzene rings is 2. The largest absolute Gasteiger partial charge is 0.489 e. The smallest absolute Gasteiger partial charge is 0.387 e. The number of aromatic amines is 1. The number of anilines is 1. The molecule has 0 spiro atoms. The molecule has 0 unspecified atom stereocenters. The van der Waals surface area contributed by atoms with Crippen molar-refractivity contribution in [2.24, 2.45) is 5.92 Å². The number of ether oxygens (including phenoxy) is 2. The lowest BCUT2D eigenvalue weighted by Gasteiger charge is -2.13. The Morgan fingerprint density at radius 1 is 1.21 bits per heavy atom. The van der Waals surface area contributed by atoms with E-state index >= 15 is 0 Å². The average Bonchev–Trinajstić information content (AvgIpc) is 3.40. The minimum Gasteiger partial charge on any atom is -0.489 e. The van der Waals surface area contributed by atoms with Crippen molar-refractivity contribution in [2.75, 3.05) is 11.9 Å². The normalized spacial score (nSPS) is 13.7. The number of H-pyrrole nitrogens is 1. The van der Waals surface area contributed by atoms with E-state index in [1.807, 2.05) is 0 Å². The van der Waals surface area contributed by atoms with Crippen LogP contribution in [0.3, 0.4) is 0 Å². The number of carbonyl (C=O) groups is 1. The van der Waals surface area contributed by atoms with E-state index < -0.39 is 12.5 Å². The zero-order valence-corrected chi connectivity index (χ0v) is 15.4. The van der Waals surface area contributed by atoms with Crippen LogP contribution in [0.2, 0.25) is 0 Å². The Bertz CT molecular complexity index is 1080. The first kappa shape index (κ1) is 18.4. The minimum atomic E-state index is -2.98. The molecule has 1 saturated carbocycles. The lowest BCUT2D eigenvalue weighted by molar-refractivity contribution is -0.0515. The maximum atomic E-state index is 12.6. The standard InChI is InChI=1S/C19H16F2N2O4S/c20-18(21)27-14-6-3-11(7-15(14)26-9-10-1-2-10)17(24)22-12-4-5-13-16(8-12)28-19(25)23-13/h3-8,10,18H,1-2,9H2,(H,22,24)(H,23,25). The number of thiazole rings is 1. The summed E-state index contributed by atoms with van der Waals surface area (Å²) in [6.07, 6.45) is 2.08. The van der Waals surface area contributed by atoms with E-state index in [1.54, 1.807) is 18.2 Å². The monoisotopic (exact) mass is 406 g/mol. The van der Waals surface area contributed by atoms with Crippen LogP contribution in [0.4, 0.5) is 14.5 Å². The number of nitrogens with one attached hydrogen (secondary N) is 2. The van der Waals surface area contributed by atoms with Crippen LogP contribution in [0.25, 0.3) is 10.2 Å². The molecule has 0 radical (unpaired) electrons. The fraction of sp³-hybridized carbons (Fsp3) is 0.263. The third-order valence-electron chi connectivity index (χ3n) is 4.27. The number of fused-ring (bicyclic) bond motifs is 1. The Labute approximate surface area is 162 Å². The van der Waals surface area contributed by atoms with E-state index in [4.69, 9.17) is 4.74 Å². The number of halogens is 2. The quantitative estimate of drug-likeness (QED) is 0.615. The second-order valence-corrected chi connectivity index (χ2v) is 7.49. The van der Waals surface area contributed by atoms with Crippen molar-refractivity contribution in [3.8, 4) is 11.5 Å². The van der Waals surface area contributed by atoms with Crippen LogP contribution in [0.5, 0.6) is 11.5 Å². The van der Waals surface area contributed by atoms with Crippen LogP contribution in [0, 0.1) is 5.92 Å². The molecule has 146 valence electrons. The van der Waals surface area contributed by atoms with Crippen molar-refractivity contribution in [2.45, 2.75) is 19.5 Å². The number of aromatic nitrogens is 1. The second-order valence-electron chi connectivity index (χ2n) is 6.47. The molecule has 1 heterocycles. The highest BCUT2D eigenvalue weighted by molar-refractivity contribution is 7.16. The Balaban J connectivity index is 1.54. The molecule has 1 amide bonds. The fourth-order valence-corrected chi connectivity index (χ4v) is 3.45. The summed E-state index contributed by atoms with van der Waals surface area (Å²) in [6, 6.07) is 9.14. The van der Waals surface area contributed by atoms with Gasteiger partial charge in [0.1, 0.15) is 0 Å². The van der Waals surface area contributed by atoms with Crippen molar-refractivity contribution in [3.63, 3.8) is 0 Å². The Morgan fingerprint density at radius 3 is 2.79 bits per heavy atom. The summed E-state index contributed by atoms with van der Waals surface area (Å²) in [7, 11) is 0. The Morgan fingerprint density at radius 2 is 2.04 bits per heavy atom. The van der Waals surface area contributed by atoms with E-state index in [2.05, 4.69) is 15.0 Å². The van der Waals surface area contributed by atoms with Gasteiger partial charge in [-0.1, -0.05) is 11.3 Å². The SMILES string of the molecule is O=C(Nc1ccc2[nH]c(=O)sc2c1)c1ccc(OC(F)F)c(OCC2CC2)c1. The van der Waals surface area contributed by atoms with Gasteiger partial charge in [-0.25, -0.2) is 0 Å². The number of amides is 1. The lowest BCUT2D eigenvalue weighted by Crippen LogP contribution is -2.13. The van der Waals surface area contributed by atoms with Gasteiger partial charge < -0.3 is 19.8 Å². The molecule has 2 N–H and O–H groups in total. The molecule has 6 nitrogen and oxygen atoms in total. The zero-order chi connectivity index (χ0) is 19.7. The van der Waals surface area contributed by atoms with Crippen LogP contribution < -0.4 is 19.7 Å². The van der Waals surface area contributed by atoms with Gasteiger partial charge >= 0.3 is 11.5 Å². The minimum absolute atomic E-state index is 0.106. The topological polar surface area (TPSA) is 80.4 Å². The van der Waals surface area contributed by atoms with E-state index in [-0.39, 0.29) is 21.9 Å². The van der Waals surface area contributed by atoms with Gasteiger partial charge in [0, 0.05) is 11.3 Å². The third-order valence-corrected chi connectivity index (χ3v) is 5.12. The van der Waals surface area contributed by atoms with Crippen LogP contribution in [0.1, 0.15) is 23.2 Å². The molecule has 0 bridgehead atoms. The van der Waals surface area contributed by atoms with Gasteiger partial charge in [0.05, 0.1) is 16.8 Å². The molecular weight excluding hydrogens is 390 g/mol. The van der Waals surface area contributed by atoms with Gasteiger partial charge in [-0.2, -0.15) is 8.78 Å². The lowest BCUT2D eigenvalue weighted by atomic mass is 10.1. The molecule has 1 aromatic heterocycles. The van der Waals surface area contributed by atoms with Gasteiger partial charge in [-0.3, -0.25) is 9.59 Å². The van der Waals surface area contributed by atoms with Crippen molar-refractivity contribution < 1.29 is 23.0 Å². The maximum Gasteiger partial charge on any atom is 0.387 e. The summed E-state index contributed by atoms with van der Waals surface area (Å²) in [5, 5.41) is 2.73. The van der Waals surface area contributed by atoms with Crippen molar-refractivity contribution >= 4 is 33.1 Å². The molecule has 1 aliphatic rings. The summed E-state index contributed by atoms with van der Waals surface area (Å²) >= 11 is 1.04. The summed E-state index contributed by atoms with van der Waals surface area (Å²) in [6.45, 7) is -2.59. The number of carbonyl (C=O) groups excluding carboxylic acids is 1. The van der Waals surface area contributed by atoms with E-state index in [0.717, 1.165) is 28.9 Å². The van der Waals surface area contributed by atoms with Gasteiger partial charge in [-0.15, -0.1) is 0 Å². The Kier molecular flexibility index (Phi) is 4.99. The van der Waals surface area contributed by atoms with Gasteiger partial charge in [0.25, 0.3) is 5.91 Å². The van der Waals surface area contributed by atoms with Crippen molar-refractivity contribution in [1.29, 1.82) is 0 Å². The highest BCUT2D eigenvalue weighted by Gasteiger charge is 2.23. The van der Waals surface area contributed by atoms with Crippen molar-refractivity contribution in [3.05, 3.63) is 51.6 Å². The molecule has 3 aromatic rings. The first-order valence-corrected chi connectivity index (χ1v) is 9.45. The van der Waals surface area contributed by atoms with Crippen LogP contribution in [-0.2, 0) is 0 Å². The van der Waals surface area contributed by atoms with E-state index in [0.29, 0.717) is 23.7 Å². The fourth-order valence-electron chi connectivity index (χ4n) is 2.67. The van der Waals surface area contributed by atoms with Crippen LogP contribution in [0.15, 0.2) is 41.2 Å². The van der Waals surface area contributed by atoms with Crippen LogP contribution >= 0.6 is 11.3 Å². The van der Waals surface area contributed by atoms with E-state index in [1.165, 1.54) is 18.2 Å². The molecule has 1 aliphatic carbocycles. The number of rotatable bonds is 7. The maximum absolute atomic E-state index is 12.6. The summed E-state index contributed by atoms with van der Waals surface area (Å²) in [5.74, 6) is -0.0101. The molecular formula is C19H16F2N2O4S. The number of alkyl halides is 2.